The lowest BCUT2D eigenvalue weighted by Gasteiger charge is -2.13. The largest absolute Gasteiger partial charge is 0.493 e. The number of imide groups is 1. The van der Waals surface area contributed by atoms with Crippen LogP contribution in [0.4, 0.5) is 4.79 Å². The minimum Gasteiger partial charge on any atom is -0.493 e. The molecule has 0 aliphatic carbocycles. The SMILES string of the molecule is COc1cc(/C=C2\SC(=O)NC2=O)cc(Br)c1OC(=O)c1ccccc1Br. The van der Waals surface area contributed by atoms with Gasteiger partial charge in [-0.3, -0.25) is 14.9 Å². The summed E-state index contributed by atoms with van der Waals surface area (Å²) in [5.74, 6) is -0.500. The molecular formula is C18H11Br2NO5S. The molecular weight excluding hydrogens is 502 g/mol. The Morgan fingerprint density at radius 1 is 1.15 bits per heavy atom. The van der Waals surface area contributed by atoms with Crippen molar-refractivity contribution in [2.24, 2.45) is 0 Å². The number of hydrogen-bond donors (Lipinski definition) is 1. The Morgan fingerprint density at radius 2 is 1.89 bits per heavy atom. The lowest BCUT2D eigenvalue weighted by Crippen LogP contribution is -2.17. The summed E-state index contributed by atoms with van der Waals surface area (Å²) in [5.41, 5.74) is 0.974. The maximum Gasteiger partial charge on any atom is 0.344 e. The van der Waals surface area contributed by atoms with Crippen molar-refractivity contribution in [1.29, 1.82) is 0 Å². The van der Waals surface area contributed by atoms with Gasteiger partial charge in [-0.25, -0.2) is 4.79 Å². The van der Waals surface area contributed by atoms with E-state index in [0.29, 0.717) is 25.8 Å². The Labute approximate surface area is 175 Å². The number of carbonyl (C=O) groups is 3. The summed E-state index contributed by atoms with van der Waals surface area (Å²) in [7, 11) is 1.44. The molecule has 0 bridgehead atoms. The number of carbonyl (C=O) groups excluding carboxylic acids is 3. The molecule has 1 heterocycles. The molecule has 9 heteroatoms. The number of benzene rings is 2. The Hall–Kier alpha value is -2.10. The van der Waals surface area contributed by atoms with E-state index in [0.717, 1.165) is 11.8 Å². The van der Waals surface area contributed by atoms with E-state index in [1.54, 1.807) is 42.5 Å². The maximum atomic E-state index is 12.5. The van der Waals surface area contributed by atoms with E-state index < -0.39 is 17.1 Å². The summed E-state index contributed by atoms with van der Waals surface area (Å²) in [6.07, 6.45) is 1.55. The second-order valence-corrected chi connectivity index (χ2v) is 7.98. The van der Waals surface area contributed by atoms with Crippen LogP contribution < -0.4 is 14.8 Å². The highest BCUT2D eigenvalue weighted by atomic mass is 79.9. The molecule has 1 saturated heterocycles. The summed E-state index contributed by atoms with van der Waals surface area (Å²) in [4.78, 5) is 35.7. The number of ether oxygens (including phenoxy) is 2. The number of esters is 1. The average molecular weight is 513 g/mol. The number of halogens is 2. The predicted molar refractivity (Wildman–Crippen MR) is 109 cm³/mol. The van der Waals surface area contributed by atoms with Gasteiger partial charge in [-0.1, -0.05) is 12.1 Å². The monoisotopic (exact) mass is 511 g/mol. The third-order valence-corrected chi connectivity index (χ3v) is 5.57. The molecule has 1 N–H and O–H groups in total. The fraction of sp³-hybridized carbons (Fsp3) is 0.0556. The first-order valence-corrected chi connectivity index (χ1v) is 9.88. The van der Waals surface area contributed by atoms with Crippen molar-refractivity contribution in [3.8, 4) is 11.5 Å². The molecule has 27 heavy (non-hydrogen) atoms. The molecule has 0 spiro atoms. The number of hydrogen-bond acceptors (Lipinski definition) is 6. The third-order valence-electron chi connectivity index (χ3n) is 3.48. The Bertz CT molecular complexity index is 990. The van der Waals surface area contributed by atoms with Gasteiger partial charge in [0.15, 0.2) is 11.5 Å². The van der Waals surface area contributed by atoms with Crippen molar-refractivity contribution in [3.63, 3.8) is 0 Å². The second kappa shape index (κ2) is 8.28. The topological polar surface area (TPSA) is 81.7 Å². The lowest BCUT2D eigenvalue weighted by molar-refractivity contribution is -0.115. The van der Waals surface area contributed by atoms with Crippen molar-refractivity contribution in [2.45, 2.75) is 0 Å². The van der Waals surface area contributed by atoms with Crippen molar-refractivity contribution < 1.29 is 23.9 Å². The van der Waals surface area contributed by atoms with E-state index in [2.05, 4.69) is 37.2 Å². The number of amides is 2. The van der Waals surface area contributed by atoms with Gasteiger partial charge in [-0.2, -0.15) is 0 Å². The summed E-state index contributed by atoms with van der Waals surface area (Å²) >= 11 is 7.49. The van der Waals surface area contributed by atoms with Crippen LogP contribution in [0.2, 0.25) is 0 Å². The van der Waals surface area contributed by atoms with E-state index >= 15 is 0 Å². The molecule has 138 valence electrons. The molecule has 2 aromatic carbocycles. The van der Waals surface area contributed by atoms with E-state index in [4.69, 9.17) is 9.47 Å². The minimum absolute atomic E-state index is 0.208. The van der Waals surface area contributed by atoms with Gasteiger partial charge in [-0.05, 0) is 79.5 Å². The quantitative estimate of drug-likeness (QED) is 0.361. The zero-order valence-electron chi connectivity index (χ0n) is 13.7. The van der Waals surface area contributed by atoms with Gasteiger partial charge in [0.1, 0.15) is 0 Å². The molecule has 0 radical (unpaired) electrons. The molecule has 1 fully saturated rings. The highest BCUT2D eigenvalue weighted by molar-refractivity contribution is 9.10. The summed E-state index contributed by atoms with van der Waals surface area (Å²) < 4.78 is 11.9. The van der Waals surface area contributed by atoms with Crippen LogP contribution in [0.25, 0.3) is 6.08 Å². The smallest absolute Gasteiger partial charge is 0.344 e. The van der Waals surface area contributed by atoms with Crippen LogP contribution in [0.5, 0.6) is 11.5 Å². The summed E-state index contributed by atoms with van der Waals surface area (Å²) in [5, 5.41) is 1.77. The van der Waals surface area contributed by atoms with E-state index in [-0.39, 0.29) is 10.7 Å². The van der Waals surface area contributed by atoms with Crippen LogP contribution in [0, 0.1) is 0 Å². The minimum atomic E-state index is -0.552. The molecule has 3 rings (SSSR count). The van der Waals surface area contributed by atoms with Gasteiger partial charge >= 0.3 is 5.97 Å². The molecule has 2 aromatic rings. The van der Waals surface area contributed by atoms with Crippen LogP contribution in [0.15, 0.2) is 50.2 Å². The molecule has 0 unspecified atom stereocenters. The van der Waals surface area contributed by atoms with Crippen LogP contribution in [0.3, 0.4) is 0 Å². The van der Waals surface area contributed by atoms with Gasteiger partial charge < -0.3 is 9.47 Å². The number of nitrogens with one attached hydrogen (secondary N) is 1. The van der Waals surface area contributed by atoms with Crippen molar-refractivity contribution in [2.75, 3.05) is 7.11 Å². The zero-order chi connectivity index (χ0) is 19.6. The van der Waals surface area contributed by atoms with Crippen LogP contribution in [0.1, 0.15) is 15.9 Å². The molecule has 2 amide bonds. The first-order valence-electron chi connectivity index (χ1n) is 7.48. The molecule has 0 aromatic heterocycles. The van der Waals surface area contributed by atoms with Crippen LogP contribution >= 0.6 is 43.6 Å². The van der Waals surface area contributed by atoms with Gasteiger partial charge in [0.2, 0.25) is 0 Å². The zero-order valence-corrected chi connectivity index (χ0v) is 17.7. The molecule has 0 atom stereocenters. The van der Waals surface area contributed by atoms with Gasteiger partial charge in [0.05, 0.1) is 22.1 Å². The number of methoxy groups -OCH3 is 1. The lowest BCUT2D eigenvalue weighted by atomic mass is 10.1. The van der Waals surface area contributed by atoms with Gasteiger partial charge in [0, 0.05) is 4.47 Å². The first kappa shape index (κ1) is 19.7. The normalized spacial score (nSPS) is 15.0. The van der Waals surface area contributed by atoms with Gasteiger partial charge in [0.25, 0.3) is 11.1 Å². The van der Waals surface area contributed by atoms with Crippen molar-refractivity contribution in [3.05, 3.63) is 61.4 Å². The predicted octanol–water partition coefficient (Wildman–Crippen LogP) is 4.76. The van der Waals surface area contributed by atoms with Crippen molar-refractivity contribution in [1.82, 2.24) is 5.32 Å². The average Bonchev–Trinajstić information content (AvgIpc) is 2.94. The second-order valence-electron chi connectivity index (χ2n) is 5.26. The summed E-state index contributed by atoms with van der Waals surface area (Å²) in [6, 6.07) is 10.2. The molecule has 1 aliphatic heterocycles. The summed E-state index contributed by atoms with van der Waals surface area (Å²) in [6.45, 7) is 0. The standard InChI is InChI=1S/C18H11Br2NO5S/c1-25-13-7-9(8-14-16(22)21-18(24)27-14)6-12(20)15(13)26-17(23)10-4-2-3-5-11(10)19/h2-8H,1H3,(H,21,22,24)/b14-8-. The van der Waals surface area contributed by atoms with Crippen LogP contribution in [-0.4, -0.2) is 24.2 Å². The van der Waals surface area contributed by atoms with E-state index in [1.165, 1.54) is 7.11 Å². The molecule has 0 saturated carbocycles. The number of thioether (sulfide) groups is 1. The fourth-order valence-electron chi connectivity index (χ4n) is 2.27. The maximum absolute atomic E-state index is 12.5. The van der Waals surface area contributed by atoms with Crippen molar-refractivity contribution >= 4 is 66.8 Å². The Balaban J connectivity index is 1.92. The number of rotatable bonds is 4. The van der Waals surface area contributed by atoms with E-state index in [1.807, 2.05) is 0 Å². The third kappa shape index (κ3) is 4.42. The van der Waals surface area contributed by atoms with Crippen LogP contribution in [-0.2, 0) is 4.79 Å². The highest BCUT2D eigenvalue weighted by Gasteiger charge is 2.25. The Morgan fingerprint density at radius 3 is 2.52 bits per heavy atom. The fourth-order valence-corrected chi connectivity index (χ4v) is 3.94. The first-order chi connectivity index (χ1) is 12.9. The Kier molecular flexibility index (Phi) is 6.03. The highest BCUT2D eigenvalue weighted by Crippen LogP contribution is 2.39. The molecule has 1 aliphatic rings. The van der Waals surface area contributed by atoms with E-state index in [9.17, 15) is 14.4 Å². The van der Waals surface area contributed by atoms with Gasteiger partial charge in [-0.15, -0.1) is 0 Å². The molecule has 6 nitrogen and oxygen atoms in total.